The maximum absolute atomic E-state index is 16.4. The third kappa shape index (κ3) is 4.48. The Balaban J connectivity index is 1.38. The molecular formula is C37H31Cl2FN4O4. The molecule has 4 heterocycles. The standard InChI is InChI=1S/C37H31Cl2FN4O4/c1-47-23-6-3-5-20(17-23)13-16-44-30-14-15-43-29-12-9-21(35(45)48-2)18-28(29)41-34(43)31(30)32(24-7-4-8-26(39)33(24)40)37(44)25-11-10-22(38)19-27(25)42-36(37)46/h3-12,17-19,30-32H,13-16H2,1-2H3,(H,42,46)/t30-,31+,32-,37+/m0/s1. The molecule has 1 amide bonds. The lowest BCUT2D eigenvalue weighted by molar-refractivity contribution is -0.127. The summed E-state index contributed by atoms with van der Waals surface area (Å²) >= 11 is 12.9. The average molecular weight is 686 g/mol. The number of carbonyl (C=O) groups is 2. The van der Waals surface area contributed by atoms with Crippen LogP contribution in [0.3, 0.4) is 0 Å². The molecule has 3 aliphatic heterocycles. The van der Waals surface area contributed by atoms with Crippen molar-refractivity contribution in [1.29, 1.82) is 0 Å². The van der Waals surface area contributed by atoms with Gasteiger partial charge in [0.05, 0.1) is 35.8 Å². The third-order valence-corrected chi connectivity index (χ3v) is 10.8. The van der Waals surface area contributed by atoms with E-state index in [1.165, 1.54) is 13.2 Å². The highest BCUT2D eigenvalue weighted by Gasteiger charge is 2.68. The number of imidazole rings is 1. The van der Waals surface area contributed by atoms with Crippen LogP contribution in [-0.2, 0) is 28.0 Å². The summed E-state index contributed by atoms with van der Waals surface area (Å²) in [5.41, 5.74) is 3.28. The molecule has 1 fully saturated rings. The summed E-state index contributed by atoms with van der Waals surface area (Å²) in [7, 11) is 2.98. The van der Waals surface area contributed by atoms with Crippen molar-refractivity contribution in [1.82, 2.24) is 14.5 Å². The van der Waals surface area contributed by atoms with Crippen LogP contribution in [0.4, 0.5) is 10.1 Å². The molecule has 1 saturated heterocycles. The van der Waals surface area contributed by atoms with E-state index >= 15 is 4.39 Å². The van der Waals surface area contributed by atoms with Gasteiger partial charge < -0.3 is 19.4 Å². The van der Waals surface area contributed by atoms with Gasteiger partial charge in [-0.15, -0.1) is 0 Å². The van der Waals surface area contributed by atoms with Crippen LogP contribution in [0.5, 0.6) is 5.75 Å². The Kier molecular flexibility index (Phi) is 7.47. The maximum Gasteiger partial charge on any atom is 0.337 e. The highest BCUT2D eigenvalue weighted by Crippen LogP contribution is 2.64. The fourth-order valence-corrected chi connectivity index (χ4v) is 8.76. The average Bonchev–Trinajstić information content (AvgIpc) is 3.71. The summed E-state index contributed by atoms with van der Waals surface area (Å²) < 4.78 is 29.0. The van der Waals surface area contributed by atoms with E-state index in [9.17, 15) is 9.59 Å². The van der Waals surface area contributed by atoms with Gasteiger partial charge in [-0.2, -0.15) is 0 Å². The molecule has 5 aromatic rings. The van der Waals surface area contributed by atoms with Crippen LogP contribution in [0.15, 0.2) is 78.9 Å². The van der Waals surface area contributed by atoms with Crippen molar-refractivity contribution in [2.75, 3.05) is 26.1 Å². The Morgan fingerprint density at radius 1 is 1.06 bits per heavy atom. The van der Waals surface area contributed by atoms with Gasteiger partial charge >= 0.3 is 5.97 Å². The number of ether oxygens (including phenoxy) is 2. The Labute approximate surface area is 286 Å². The van der Waals surface area contributed by atoms with Crippen LogP contribution >= 0.6 is 23.2 Å². The molecular weight excluding hydrogens is 654 g/mol. The number of carbonyl (C=O) groups excluding carboxylic acids is 2. The van der Waals surface area contributed by atoms with E-state index in [1.807, 2.05) is 36.4 Å². The molecule has 4 aromatic carbocycles. The van der Waals surface area contributed by atoms with Crippen LogP contribution in [0.25, 0.3) is 11.0 Å². The molecule has 244 valence electrons. The SMILES string of the molecule is COC(=O)c1ccc2c(c1)nc1n2CC[C@H]2[C@@H]1[C@H](c1cccc(Cl)c1F)[C@]1(C(=O)Nc3cc(Cl)ccc31)N2CCc1cccc(OC)c1. The van der Waals surface area contributed by atoms with Gasteiger partial charge in [-0.3, -0.25) is 9.69 Å². The number of esters is 1. The van der Waals surface area contributed by atoms with Gasteiger partial charge in [0.25, 0.3) is 0 Å². The summed E-state index contributed by atoms with van der Waals surface area (Å²) in [4.78, 5) is 34.6. The van der Waals surface area contributed by atoms with E-state index in [4.69, 9.17) is 37.7 Å². The smallest absolute Gasteiger partial charge is 0.337 e. The number of hydrogen-bond donors (Lipinski definition) is 1. The lowest BCUT2D eigenvalue weighted by Crippen LogP contribution is -2.53. The van der Waals surface area contributed by atoms with Crippen molar-refractivity contribution in [2.45, 2.75) is 42.8 Å². The number of methoxy groups -OCH3 is 2. The first-order valence-corrected chi connectivity index (χ1v) is 16.6. The largest absolute Gasteiger partial charge is 0.497 e. The summed E-state index contributed by atoms with van der Waals surface area (Å²) in [5, 5.41) is 3.59. The fourth-order valence-electron chi connectivity index (χ4n) is 8.40. The van der Waals surface area contributed by atoms with Gasteiger partial charge in [-0.25, -0.2) is 14.2 Å². The number of anilines is 1. The molecule has 0 aliphatic carbocycles. The summed E-state index contributed by atoms with van der Waals surface area (Å²) in [6.45, 7) is 1.12. The highest BCUT2D eigenvalue weighted by atomic mass is 35.5. The van der Waals surface area contributed by atoms with Crippen molar-refractivity contribution in [3.63, 3.8) is 0 Å². The van der Waals surface area contributed by atoms with Crippen LogP contribution in [-0.4, -0.2) is 53.1 Å². The quantitative estimate of drug-likeness (QED) is 0.189. The number of hydrogen-bond acceptors (Lipinski definition) is 6. The molecule has 11 heteroatoms. The van der Waals surface area contributed by atoms with Crippen LogP contribution in [0.2, 0.25) is 10.0 Å². The zero-order valence-corrected chi connectivity index (χ0v) is 27.7. The van der Waals surface area contributed by atoms with Crippen molar-refractivity contribution in [2.24, 2.45) is 0 Å². The van der Waals surface area contributed by atoms with E-state index < -0.39 is 29.2 Å². The number of fused-ring (bicyclic) bond motifs is 7. The van der Waals surface area contributed by atoms with Crippen LogP contribution < -0.4 is 10.1 Å². The van der Waals surface area contributed by atoms with Crippen molar-refractivity contribution in [3.05, 3.63) is 123 Å². The molecule has 0 unspecified atom stereocenters. The number of aromatic nitrogens is 2. The molecule has 1 N–H and O–H groups in total. The number of amides is 1. The number of halogens is 3. The van der Waals surface area contributed by atoms with Gasteiger partial charge in [0.15, 0.2) is 0 Å². The molecule has 1 spiro atoms. The summed E-state index contributed by atoms with van der Waals surface area (Å²) in [6, 6.07) is 23.4. The molecule has 3 aliphatic rings. The second-order valence-corrected chi connectivity index (χ2v) is 13.4. The molecule has 8 rings (SSSR count). The second kappa shape index (κ2) is 11.6. The zero-order valence-electron chi connectivity index (χ0n) is 26.2. The van der Waals surface area contributed by atoms with Gasteiger partial charge in [0.1, 0.15) is 22.9 Å². The molecule has 0 saturated carbocycles. The predicted molar refractivity (Wildman–Crippen MR) is 182 cm³/mol. The summed E-state index contributed by atoms with van der Waals surface area (Å²) in [6.07, 6.45) is 1.29. The third-order valence-electron chi connectivity index (χ3n) is 10.3. The molecule has 1 aromatic heterocycles. The lowest BCUT2D eigenvalue weighted by Gasteiger charge is -2.40. The Morgan fingerprint density at radius 3 is 2.71 bits per heavy atom. The first kappa shape index (κ1) is 30.9. The number of aryl methyl sites for hydroxylation is 1. The van der Waals surface area contributed by atoms with Crippen molar-refractivity contribution >= 4 is 51.8 Å². The minimum Gasteiger partial charge on any atom is -0.497 e. The number of rotatable bonds is 6. The first-order valence-electron chi connectivity index (χ1n) is 15.8. The van der Waals surface area contributed by atoms with E-state index in [1.54, 1.807) is 43.5 Å². The number of benzene rings is 4. The van der Waals surface area contributed by atoms with E-state index in [0.29, 0.717) is 53.3 Å². The lowest BCUT2D eigenvalue weighted by atomic mass is 9.70. The minimum absolute atomic E-state index is 0.0178. The van der Waals surface area contributed by atoms with Gasteiger partial charge in [0.2, 0.25) is 5.91 Å². The molecule has 8 nitrogen and oxygen atoms in total. The van der Waals surface area contributed by atoms with Crippen molar-refractivity contribution in [3.8, 4) is 5.75 Å². The molecule has 48 heavy (non-hydrogen) atoms. The molecule has 0 bridgehead atoms. The van der Waals surface area contributed by atoms with Crippen molar-refractivity contribution < 1.29 is 23.5 Å². The maximum atomic E-state index is 16.4. The number of likely N-dealkylation sites (tertiary alicyclic amines) is 1. The highest BCUT2D eigenvalue weighted by molar-refractivity contribution is 6.31. The monoisotopic (exact) mass is 684 g/mol. The van der Waals surface area contributed by atoms with Gasteiger partial charge in [-0.1, -0.05) is 53.5 Å². The Hall–Kier alpha value is -4.44. The number of nitrogens with one attached hydrogen (secondary N) is 1. The van der Waals surface area contributed by atoms with E-state index in [-0.39, 0.29) is 17.0 Å². The normalized spacial score (nSPS) is 22.8. The summed E-state index contributed by atoms with van der Waals surface area (Å²) in [5.74, 6) is -0.930. The van der Waals surface area contributed by atoms with Gasteiger partial charge in [0, 0.05) is 47.2 Å². The number of nitrogens with zero attached hydrogens (tertiary/aromatic N) is 3. The minimum atomic E-state index is -1.32. The Bertz CT molecular complexity index is 2140. The van der Waals surface area contributed by atoms with E-state index in [0.717, 1.165) is 28.2 Å². The fraction of sp³-hybridized carbons (Fsp3) is 0.270. The topological polar surface area (TPSA) is 85.7 Å². The van der Waals surface area contributed by atoms with Crippen LogP contribution in [0, 0.1) is 5.82 Å². The van der Waals surface area contributed by atoms with Gasteiger partial charge in [-0.05, 0) is 72.5 Å². The first-order chi connectivity index (χ1) is 23.3. The van der Waals surface area contributed by atoms with E-state index in [2.05, 4.69) is 14.8 Å². The predicted octanol–water partition coefficient (Wildman–Crippen LogP) is 7.32. The molecule has 4 atom stereocenters. The zero-order chi connectivity index (χ0) is 33.3. The Morgan fingerprint density at radius 2 is 1.90 bits per heavy atom. The second-order valence-electron chi connectivity index (χ2n) is 12.5. The van der Waals surface area contributed by atoms with Crippen LogP contribution in [0.1, 0.15) is 51.1 Å². The molecule has 0 radical (unpaired) electrons.